The summed E-state index contributed by atoms with van der Waals surface area (Å²) in [5.74, 6) is 1.66. The Morgan fingerprint density at radius 2 is 2.00 bits per heavy atom. The minimum Gasteiger partial charge on any atom is -0.394 e. The molecular weight excluding hydrogens is 224 g/mol. The van der Waals surface area contributed by atoms with Gasteiger partial charge in [0.1, 0.15) is 0 Å². The zero-order chi connectivity index (χ0) is 13.8. The third kappa shape index (κ3) is 4.87. The molecule has 1 saturated heterocycles. The molecule has 0 aromatic carbocycles. The van der Waals surface area contributed by atoms with E-state index in [0.717, 1.165) is 24.8 Å². The van der Waals surface area contributed by atoms with Gasteiger partial charge < -0.3 is 15.3 Å². The van der Waals surface area contributed by atoms with Gasteiger partial charge in [0, 0.05) is 18.1 Å². The SMILES string of the molecule is CC(C)NC(C)(CO)CCN1CCC(C(C)C)C1. The van der Waals surface area contributed by atoms with Crippen molar-refractivity contribution in [3.05, 3.63) is 0 Å². The molecule has 0 saturated carbocycles. The lowest BCUT2D eigenvalue weighted by Crippen LogP contribution is -2.50. The number of hydrogen-bond donors (Lipinski definition) is 2. The Bertz CT molecular complexity index is 243. The lowest BCUT2D eigenvalue weighted by Gasteiger charge is -2.33. The summed E-state index contributed by atoms with van der Waals surface area (Å²) in [5, 5.41) is 13.1. The number of hydrogen-bond acceptors (Lipinski definition) is 3. The highest BCUT2D eigenvalue weighted by Gasteiger charge is 2.28. The van der Waals surface area contributed by atoms with Crippen LogP contribution in [0.2, 0.25) is 0 Å². The molecule has 1 aliphatic rings. The van der Waals surface area contributed by atoms with Crippen LogP contribution in [0.3, 0.4) is 0 Å². The summed E-state index contributed by atoms with van der Waals surface area (Å²) in [7, 11) is 0. The summed E-state index contributed by atoms with van der Waals surface area (Å²) in [6, 6.07) is 0.421. The average molecular weight is 256 g/mol. The van der Waals surface area contributed by atoms with E-state index in [2.05, 4.69) is 44.8 Å². The Morgan fingerprint density at radius 3 is 2.44 bits per heavy atom. The topological polar surface area (TPSA) is 35.5 Å². The van der Waals surface area contributed by atoms with Gasteiger partial charge in [-0.3, -0.25) is 0 Å². The Morgan fingerprint density at radius 1 is 1.33 bits per heavy atom. The van der Waals surface area contributed by atoms with Crippen molar-refractivity contribution in [3.63, 3.8) is 0 Å². The number of nitrogens with one attached hydrogen (secondary N) is 1. The smallest absolute Gasteiger partial charge is 0.0611 e. The van der Waals surface area contributed by atoms with E-state index >= 15 is 0 Å². The van der Waals surface area contributed by atoms with Crippen molar-refractivity contribution in [2.75, 3.05) is 26.2 Å². The molecule has 0 spiro atoms. The van der Waals surface area contributed by atoms with Crippen LogP contribution in [-0.2, 0) is 0 Å². The van der Waals surface area contributed by atoms with Crippen LogP contribution < -0.4 is 5.32 Å². The van der Waals surface area contributed by atoms with E-state index in [0.29, 0.717) is 6.04 Å². The zero-order valence-electron chi connectivity index (χ0n) is 12.9. The number of nitrogens with zero attached hydrogens (tertiary/aromatic N) is 1. The van der Waals surface area contributed by atoms with Crippen LogP contribution in [0.5, 0.6) is 0 Å². The van der Waals surface area contributed by atoms with Crippen LogP contribution in [0.15, 0.2) is 0 Å². The van der Waals surface area contributed by atoms with E-state index in [9.17, 15) is 5.11 Å². The van der Waals surface area contributed by atoms with E-state index in [-0.39, 0.29) is 12.1 Å². The molecule has 2 N–H and O–H groups in total. The summed E-state index contributed by atoms with van der Waals surface area (Å²) < 4.78 is 0. The second-order valence-electron chi connectivity index (χ2n) is 6.86. The average Bonchev–Trinajstić information content (AvgIpc) is 2.74. The van der Waals surface area contributed by atoms with E-state index in [1.54, 1.807) is 0 Å². The number of rotatable bonds is 7. The van der Waals surface area contributed by atoms with Crippen LogP contribution in [0, 0.1) is 11.8 Å². The standard InChI is InChI=1S/C15H32N2O/c1-12(2)14-6-8-17(10-14)9-7-15(5,11-18)16-13(3)4/h12-14,16,18H,6-11H2,1-5H3. The quantitative estimate of drug-likeness (QED) is 0.732. The zero-order valence-corrected chi connectivity index (χ0v) is 12.9. The van der Waals surface area contributed by atoms with Crippen molar-refractivity contribution in [1.82, 2.24) is 10.2 Å². The summed E-state index contributed by atoms with van der Waals surface area (Å²) in [5.41, 5.74) is -0.135. The van der Waals surface area contributed by atoms with Gasteiger partial charge >= 0.3 is 0 Å². The lowest BCUT2D eigenvalue weighted by atomic mass is 9.95. The van der Waals surface area contributed by atoms with Crippen molar-refractivity contribution < 1.29 is 5.11 Å². The largest absolute Gasteiger partial charge is 0.394 e. The van der Waals surface area contributed by atoms with Crippen molar-refractivity contribution in [3.8, 4) is 0 Å². The Kier molecular flexibility index (Phi) is 6.09. The highest BCUT2D eigenvalue weighted by Crippen LogP contribution is 2.24. The van der Waals surface area contributed by atoms with Crippen LogP contribution in [0.4, 0.5) is 0 Å². The highest BCUT2D eigenvalue weighted by atomic mass is 16.3. The highest BCUT2D eigenvalue weighted by molar-refractivity contribution is 4.86. The van der Waals surface area contributed by atoms with Gasteiger partial charge in [0.05, 0.1) is 6.61 Å². The maximum absolute atomic E-state index is 9.57. The fourth-order valence-electron chi connectivity index (χ4n) is 2.91. The molecule has 0 aliphatic carbocycles. The third-order valence-corrected chi connectivity index (χ3v) is 4.22. The number of likely N-dealkylation sites (tertiary alicyclic amines) is 1. The van der Waals surface area contributed by atoms with Gasteiger partial charge in [-0.1, -0.05) is 27.7 Å². The first kappa shape index (κ1) is 15.9. The van der Waals surface area contributed by atoms with E-state index < -0.39 is 0 Å². The van der Waals surface area contributed by atoms with Gasteiger partial charge in [0.2, 0.25) is 0 Å². The molecule has 18 heavy (non-hydrogen) atoms. The first-order chi connectivity index (χ1) is 8.36. The maximum atomic E-state index is 9.57. The van der Waals surface area contributed by atoms with E-state index in [4.69, 9.17) is 0 Å². The summed E-state index contributed by atoms with van der Waals surface area (Å²) in [4.78, 5) is 2.56. The Hall–Kier alpha value is -0.120. The molecule has 3 heteroatoms. The molecule has 0 radical (unpaired) electrons. The maximum Gasteiger partial charge on any atom is 0.0611 e. The molecular formula is C15H32N2O. The predicted molar refractivity (Wildman–Crippen MR) is 77.8 cm³/mol. The fourth-order valence-corrected chi connectivity index (χ4v) is 2.91. The first-order valence-corrected chi connectivity index (χ1v) is 7.47. The summed E-state index contributed by atoms with van der Waals surface area (Å²) >= 11 is 0. The van der Waals surface area contributed by atoms with Crippen LogP contribution in [0.25, 0.3) is 0 Å². The lowest BCUT2D eigenvalue weighted by molar-refractivity contribution is 0.141. The van der Waals surface area contributed by atoms with Gasteiger partial charge in [-0.05, 0) is 44.7 Å². The normalized spacial score (nSPS) is 25.0. The second-order valence-corrected chi connectivity index (χ2v) is 6.86. The monoisotopic (exact) mass is 256 g/mol. The summed E-state index contributed by atoms with van der Waals surface area (Å²) in [6.07, 6.45) is 2.36. The van der Waals surface area contributed by atoms with Gasteiger partial charge in [-0.25, -0.2) is 0 Å². The van der Waals surface area contributed by atoms with Gasteiger partial charge in [0.25, 0.3) is 0 Å². The summed E-state index contributed by atoms with van der Waals surface area (Å²) in [6.45, 7) is 14.8. The molecule has 1 aliphatic heterocycles. The Balaban J connectivity index is 2.35. The molecule has 1 fully saturated rings. The minimum absolute atomic E-state index is 0.135. The minimum atomic E-state index is -0.135. The first-order valence-electron chi connectivity index (χ1n) is 7.47. The van der Waals surface area contributed by atoms with Crippen molar-refractivity contribution >= 4 is 0 Å². The van der Waals surface area contributed by atoms with Crippen molar-refractivity contribution in [2.45, 2.75) is 59.0 Å². The van der Waals surface area contributed by atoms with Crippen molar-refractivity contribution in [1.29, 1.82) is 0 Å². The molecule has 108 valence electrons. The molecule has 1 heterocycles. The molecule has 3 nitrogen and oxygen atoms in total. The molecule has 0 amide bonds. The molecule has 2 atom stereocenters. The van der Waals surface area contributed by atoms with Gasteiger partial charge in [-0.15, -0.1) is 0 Å². The molecule has 1 rings (SSSR count). The predicted octanol–water partition coefficient (Wildman–Crippen LogP) is 2.10. The third-order valence-electron chi connectivity index (χ3n) is 4.22. The molecule has 2 unspecified atom stereocenters. The Labute approximate surface area is 113 Å². The molecule has 0 aromatic heterocycles. The molecule has 0 bridgehead atoms. The number of aliphatic hydroxyl groups is 1. The van der Waals surface area contributed by atoms with Crippen LogP contribution in [0.1, 0.15) is 47.5 Å². The van der Waals surface area contributed by atoms with E-state index in [1.165, 1.54) is 19.5 Å². The molecule has 0 aromatic rings. The fraction of sp³-hybridized carbons (Fsp3) is 1.00. The van der Waals surface area contributed by atoms with Crippen molar-refractivity contribution in [2.24, 2.45) is 11.8 Å². The number of aliphatic hydroxyl groups excluding tert-OH is 1. The van der Waals surface area contributed by atoms with E-state index in [1.807, 2.05) is 0 Å². The van der Waals surface area contributed by atoms with Crippen LogP contribution in [-0.4, -0.2) is 47.8 Å². The van der Waals surface area contributed by atoms with Crippen LogP contribution >= 0.6 is 0 Å². The second kappa shape index (κ2) is 6.88. The van der Waals surface area contributed by atoms with Gasteiger partial charge in [0.15, 0.2) is 0 Å². The van der Waals surface area contributed by atoms with Gasteiger partial charge in [-0.2, -0.15) is 0 Å².